The molecule has 5 aromatic rings. The van der Waals surface area contributed by atoms with E-state index in [1.54, 1.807) is 6.20 Å². The van der Waals surface area contributed by atoms with Crippen LogP contribution in [0.1, 0.15) is 392 Å². The molecular formula is C114H198N6O8. The lowest BCUT2D eigenvalue weighted by Gasteiger charge is -2.35. The molecule has 13 atom stereocenters. The topological polar surface area (TPSA) is 170 Å². The van der Waals surface area contributed by atoms with Crippen molar-refractivity contribution in [1.29, 1.82) is 0 Å². The Kier molecular flexibility index (Phi) is 50.6. The van der Waals surface area contributed by atoms with Crippen LogP contribution in [0.3, 0.4) is 0 Å². The van der Waals surface area contributed by atoms with Crippen LogP contribution in [0.2, 0.25) is 0 Å². The highest BCUT2D eigenvalue weighted by atomic mass is 16.5. The third-order valence-electron chi connectivity index (χ3n) is 34.4. The molecule has 5 heterocycles. The predicted molar refractivity (Wildman–Crippen MR) is 544 cm³/mol. The number of aryl methyl sites for hydroxylation is 3. The maximum atomic E-state index is 11.5. The van der Waals surface area contributed by atoms with E-state index in [0.717, 1.165) is 123 Å². The lowest BCUT2D eigenvalue weighted by Crippen LogP contribution is -2.33. The Bertz CT molecular complexity index is 3780. The molecule has 1 N–H and O–H groups in total. The first kappa shape index (κ1) is 118. The first-order valence-electron chi connectivity index (χ1n) is 49.5. The van der Waals surface area contributed by atoms with Gasteiger partial charge < -0.3 is 33.5 Å². The number of aliphatic hydroxyl groups excluding tert-OH is 1. The molecule has 128 heavy (non-hydrogen) atoms. The van der Waals surface area contributed by atoms with Crippen molar-refractivity contribution in [1.82, 2.24) is 29.9 Å². The van der Waals surface area contributed by atoms with Crippen molar-refractivity contribution in [2.75, 3.05) is 46.8 Å². The third kappa shape index (κ3) is 32.6. The second-order valence-corrected chi connectivity index (χ2v) is 43.9. The molecule has 0 spiro atoms. The zero-order chi connectivity index (χ0) is 92.0. The van der Waals surface area contributed by atoms with Crippen LogP contribution in [0.25, 0.3) is 0 Å². The van der Waals surface area contributed by atoms with Gasteiger partial charge in [-0.3, -0.25) is 4.79 Å². The van der Waals surface area contributed by atoms with Gasteiger partial charge in [0, 0.05) is 61.1 Å². The van der Waals surface area contributed by atoms with Gasteiger partial charge in [-0.2, -0.15) is 0 Å². The Morgan fingerprint density at radius 2 is 0.797 bits per heavy atom. The van der Waals surface area contributed by atoms with Crippen molar-refractivity contribution < 1.29 is 38.3 Å². The van der Waals surface area contributed by atoms with Crippen LogP contribution in [0.4, 0.5) is 0 Å². The minimum absolute atomic E-state index is 0. The van der Waals surface area contributed by atoms with Crippen molar-refractivity contribution in [2.45, 2.75) is 390 Å². The third-order valence-corrected chi connectivity index (χ3v) is 34.4. The highest BCUT2D eigenvalue weighted by Gasteiger charge is 2.48. The van der Waals surface area contributed by atoms with E-state index in [2.05, 4.69) is 223 Å². The van der Waals surface area contributed by atoms with Gasteiger partial charge in [-0.05, 0) is 280 Å². The maximum absolute atomic E-state index is 11.5. The van der Waals surface area contributed by atoms with Crippen molar-refractivity contribution >= 4 is 5.97 Å². The first-order chi connectivity index (χ1) is 58.4. The maximum Gasteiger partial charge on any atom is 0.309 e. The summed E-state index contributed by atoms with van der Waals surface area (Å²) < 4.78 is 34.3. The zero-order valence-electron chi connectivity index (χ0n) is 84.4. The number of aliphatic hydroxyl groups is 1. The van der Waals surface area contributed by atoms with Gasteiger partial charge in [0.15, 0.2) is 5.75 Å². The van der Waals surface area contributed by atoms with E-state index in [4.69, 9.17) is 28.4 Å². The number of hydrogen-bond donors (Lipinski definition) is 1. The van der Waals surface area contributed by atoms with Crippen molar-refractivity contribution in [3.63, 3.8) is 0 Å². The van der Waals surface area contributed by atoms with Crippen molar-refractivity contribution in [3.05, 3.63) is 126 Å². The molecule has 14 heteroatoms. The molecule has 0 aliphatic heterocycles. The number of allylic oxidation sites excluding steroid dienone is 1. The summed E-state index contributed by atoms with van der Waals surface area (Å²) in [6.07, 6.45) is 41.3. The standard InChI is InChI=1S/C17H28N2O.3C16H25NO.C15H23NO.C11H20O2.C10H18.C9H18O.4CH4/c1-12(2)16-18-9-15(10-19-16)20-11-14-7-6-8-17(14,5)13(3)4;1-12(2)16(4)10-6-8-14(16)11-18-15-9-5-7-13(3)17-15;1-12(2)16(4)9-5-6-14(16)11-18-15-8-7-13(3)10-17-15;1-12(2)16(4)8-5-6-14(16)11-18-15-10-13(3)7-9-17-15;1-12(2)15(3)9-6-7-13(15)11-17-14-8-4-5-10-16-14;1-8(2)11(3)7-5-6-9(11)10(12)13-4;1-8(2)10(4)7-5-6-9(10)3;1-8(2)9(7-10)5-3-4-6-9;;;;/h9-10,12-14H,6-8,11H2,1-5H3;5,7,9,12,14H,6,8,10-11H2,1-4H3;7-8,10,12,14H,5-6,9,11H2,1-4H3;7,9-10,12,14H,5-6,8,11H2,1-4H3;4-5,8,10,12-13H,6-7,9,11H2,1-3H3;8-9H,5-7H2,1-4H3;8H,3,5-7H2,1-2,4H3;8,10H,3-7H2,1-2H3;4*1H4/t14-,17+;3*14-,16+;13-,15+;9-,11+;;;;;;/m111111....../s1. The number of carbonyl (C=O) groups is 1. The van der Waals surface area contributed by atoms with Gasteiger partial charge in [-0.25, -0.2) is 29.9 Å². The second-order valence-electron chi connectivity index (χ2n) is 43.9. The minimum Gasteiger partial charge on any atom is -0.490 e. The largest absolute Gasteiger partial charge is 0.490 e. The number of ether oxygens (including phenoxy) is 6. The molecule has 0 saturated heterocycles. The zero-order valence-corrected chi connectivity index (χ0v) is 84.4. The number of aromatic nitrogens is 6. The molecule has 732 valence electrons. The summed E-state index contributed by atoms with van der Waals surface area (Å²) in [6.45, 7) is 72.3. The molecule has 5 aromatic heterocycles. The Morgan fingerprint density at radius 3 is 1.13 bits per heavy atom. The fourth-order valence-electron chi connectivity index (χ4n) is 21.5. The van der Waals surface area contributed by atoms with E-state index >= 15 is 0 Å². The van der Waals surface area contributed by atoms with E-state index in [9.17, 15) is 9.90 Å². The van der Waals surface area contributed by atoms with Gasteiger partial charge in [-0.15, -0.1) is 0 Å². The second kappa shape index (κ2) is 54.9. The summed E-state index contributed by atoms with van der Waals surface area (Å²) in [5.41, 5.74) is 7.94. The lowest BCUT2D eigenvalue weighted by atomic mass is 9.71. The lowest BCUT2D eigenvalue weighted by molar-refractivity contribution is -0.150. The molecule has 0 aromatic carbocycles. The molecule has 8 fully saturated rings. The summed E-state index contributed by atoms with van der Waals surface area (Å²) >= 11 is 0. The number of hydrogen-bond acceptors (Lipinski definition) is 14. The highest BCUT2D eigenvalue weighted by Crippen LogP contribution is 2.55. The van der Waals surface area contributed by atoms with E-state index in [-0.39, 0.29) is 47.0 Å². The number of carbonyl (C=O) groups excluding carboxylic acids is 1. The molecule has 8 aliphatic carbocycles. The minimum atomic E-state index is -0.0197. The fourth-order valence-corrected chi connectivity index (χ4v) is 21.5. The average molecular weight is 1780 g/mol. The number of nitrogens with zero attached hydrogens (tertiary/aromatic N) is 6. The van der Waals surface area contributed by atoms with Gasteiger partial charge in [0.05, 0.1) is 58.5 Å². The summed E-state index contributed by atoms with van der Waals surface area (Å²) in [6, 6.07) is 19.8. The Morgan fingerprint density at radius 1 is 0.398 bits per heavy atom. The molecule has 8 saturated carbocycles. The number of pyridine rings is 4. The summed E-state index contributed by atoms with van der Waals surface area (Å²) in [5.74, 6) is 14.1. The van der Waals surface area contributed by atoms with Gasteiger partial charge >= 0.3 is 5.97 Å². The molecule has 13 rings (SSSR count). The van der Waals surface area contributed by atoms with Crippen LogP contribution in [-0.2, 0) is 9.53 Å². The fraction of sp³-hybridized carbons (Fsp3) is 0.763. The predicted octanol–water partition coefficient (Wildman–Crippen LogP) is 31.8. The molecular weight excluding hydrogens is 1580 g/mol. The number of esters is 1. The van der Waals surface area contributed by atoms with Crippen LogP contribution in [0.5, 0.6) is 29.3 Å². The van der Waals surface area contributed by atoms with Crippen LogP contribution in [0, 0.1) is 147 Å². The molecule has 8 aliphatic rings. The van der Waals surface area contributed by atoms with Gasteiger partial charge in [-0.1, -0.05) is 285 Å². The molecule has 0 radical (unpaired) electrons. The van der Waals surface area contributed by atoms with E-state index in [1.807, 2.05) is 93.2 Å². The molecule has 14 nitrogen and oxygen atoms in total. The van der Waals surface area contributed by atoms with E-state index in [1.165, 1.54) is 165 Å². The Labute approximate surface area is 788 Å². The monoisotopic (exact) mass is 1780 g/mol. The molecule has 0 amide bonds. The SMILES string of the molecule is C.C.C.C.C=C1CCCC1(C)C(C)C.CC(C)C1(CO)CCCC1.CC(C)[C@]1(C)CCC[C@@H]1COc1ccccn1.CC(C)c1ncc(OC[C@H]2CCC[C@@]2(C)C(C)C)cn1.COC(=O)[C@H]1CCC[C@@]1(C)C(C)C.Cc1ccc(OC[C@H]2CCC[C@@]2(C)C(C)C)nc1.Cc1cccc(OC[C@H]2CCC[C@@]2(C)C(C)C)n1.Cc1ccnc(OC[C@H]2CCC[C@@]2(C)C(C)C)c1. The van der Waals surface area contributed by atoms with Gasteiger partial charge in [0.2, 0.25) is 23.5 Å². The highest BCUT2D eigenvalue weighted by molar-refractivity contribution is 5.73. The van der Waals surface area contributed by atoms with E-state index in [0.29, 0.717) is 97.8 Å². The van der Waals surface area contributed by atoms with Crippen LogP contribution >= 0.6 is 0 Å². The summed E-state index contributed by atoms with van der Waals surface area (Å²) in [5, 5.41) is 9.19. The quantitative estimate of drug-likeness (QED) is 0.0410. The number of rotatable bonds is 26. The summed E-state index contributed by atoms with van der Waals surface area (Å²) in [7, 11) is 1.49. The first-order valence-corrected chi connectivity index (χ1v) is 49.5. The Balaban J connectivity index is 0.000000498. The Hall–Kier alpha value is -6.15. The molecule has 1 unspecified atom stereocenters. The van der Waals surface area contributed by atoms with Crippen LogP contribution in [0.15, 0.2) is 104 Å². The van der Waals surface area contributed by atoms with Crippen LogP contribution < -0.4 is 23.7 Å². The van der Waals surface area contributed by atoms with E-state index < -0.39 is 0 Å². The smallest absolute Gasteiger partial charge is 0.309 e. The molecule has 0 bridgehead atoms. The van der Waals surface area contributed by atoms with Crippen molar-refractivity contribution in [3.8, 4) is 29.3 Å². The normalized spacial score (nSPS) is 27.6. The van der Waals surface area contributed by atoms with Gasteiger partial charge in [0.25, 0.3) is 0 Å². The van der Waals surface area contributed by atoms with Gasteiger partial charge in [0.1, 0.15) is 5.82 Å². The average Bonchev–Trinajstić information content (AvgIpc) is 1.63. The summed E-state index contributed by atoms with van der Waals surface area (Å²) in [4.78, 5) is 37.4. The van der Waals surface area contributed by atoms with Crippen molar-refractivity contribution in [2.24, 2.45) is 126 Å². The number of methoxy groups -OCH3 is 1. The van der Waals surface area contributed by atoms with Crippen LogP contribution in [-0.4, -0.2) is 87.7 Å².